The van der Waals surface area contributed by atoms with Gasteiger partial charge in [-0.15, -0.1) is 0 Å². The lowest BCUT2D eigenvalue weighted by molar-refractivity contribution is 0.102. The summed E-state index contributed by atoms with van der Waals surface area (Å²) in [6.45, 7) is 3.26. The highest BCUT2D eigenvalue weighted by molar-refractivity contribution is 6.30. The van der Waals surface area contributed by atoms with Crippen LogP contribution in [-0.2, 0) is 6.42 Å². The van der Waals surface area contributed by atoms with Gasteiger partial charge in [-0.05, 0) is 67.4 Å². The molecule has 1 aromatic heterocycles. The molecular weight excluding hydrogens is 374 g/mol. The van der Waals surface area contributed by atoms with E-state index in [0.29, 0.717) is 17.9 Å². The number of hydrogen-bond donors (Lipinski definition) is 2. The van der Waals surface area contributed by atoms with E-state index >= 15 is 0 Å². The number of carbonyl (C=O) groups is 1. The van der Waals surface area contributed by atoms with Crippen LogP contribution in [0.1, 0.15) is 22.8 Å². The number of aromatic nitrogens is 1. The van der Waals surface area contributed by atoms with Gasteiger partial charge in [-0.2, -0.15) is 0 Å². The number of nitrogens with one attached hydrogen (secondary N) is 2. The van der Waals surface area contributed by atoms with Crippen LogP contribution in [-0.4, -0.2) is 24.0 Å². The Balaban J connectivity index is 1.50. The molecule has 2 N–H and O–H groups in total. The highest BCUT2D eigenvalue weighted by atomic mass is 35.5. The summed E-state index contributed by atoms with van der Waals surface area (Å²) < 4.78 is 5.39. The molecule has 3 rings (SSSR count). The van der Waals surface area contributed by atoms with E-state index in [1.54, 1.807) is 18.3 Å². The first-order valence-corrected chi connectivity index (χ1v) is 9.50. The van der Waals surface area contributed by atoms with E-state index in [1.165, 1.54) is 0 Å². The van der Waals surface area contributed by atoms with Crippen LogP contribution in [0.3, 0.4) is 0 Å². The van der Waals surface area contributed by atoms with E-state index in [4.69, 9.17) is 16.3 Å². The molecule has 0 aliphatic heterocycles. The zero-order valence-electron chi connectivity index (χ0n) is 15.6. The number of carbonyl (C=O) groups excluding carboxylic acids is 1. The molecule has 5 nitrogen and oxygen atoms in total. The lowest BCUT2D eigenvalue weighted by Gasteiger charge is -2.09. The maximum atomic E-state index is 12.4. The summed E-state index contributed by atoms with van der Waals surface area (Å²) in [7, 11) is 0. The lowest BCUT2D eigenvalue weighted by Crippen LogP contribution is -2.13. The third-order valence-electron chi connectivity index (χ3n) is 4.06. The molecule has 0 atom stereocenters. The minimum absolute atomic E-state index is 0.206. The van der Waals surface area contributed by atoms with E-state index in [9.17, 15) is 4.79 Å². The van der Waals surface area contributed by atoms with Gasteiger partial charge < -0.3 is 15.4 Å². The summed E-state index contributed by atoms with van der Waals surface area (Å²) in [5.41, 5.74) is 2.36. The number of anilines is 2. The van der Waals surface area contributed by atoms with Crippen molar-refractivity contribution in [3.63, 3.8) is 0 Å². The topological polar surface area (TPSA) is 63.2 Å². The van der Waals surface area contributed by atoms with E-state index in [2.05, 4.69) is 15.6 Å². The first-order chi connectivity index (χ1) is 13.6. The second kappa shape index (κ2) is 9.76. The van der Waals surface area contributed by atoms with Crippen molar-refractivity contribution in [1.29, 1.82) is 0 Å². The standard InChI is InChI=1S/C22H22ClN3O2/c1-2-28-20-9-7-19(8-10-20)26-22(27)17-6-11-21(25-15-17)24-13-12-16-4-3-5-18(23)14-16/h3-11,14-15H,2,12-13H2,1H3,(H,24,25)(H,26,27). The first-order valence-electron chi connectivity index (χ1n) is 9.12. The number of amides is 1. The van der Waals surface area contributed by atoms with Gasteiger partial charge in [0.25, 0.3) is 5.91 Å². The van der Waals surface area contributed by atoms with Crippen LogP contribution in [0.25, 0.3) is 0 Å². The Bertz CT molecular complexity index is 912. The fraction of sp³-hybridized carbons (Fsp3) is 0.182. The molecule has 1 heterocycles. The van der Waals surface area contributed by atoms with Crippen molar-refractivity contribution >= 4 is 29.0 Å². The van der Waals surface area contributed by atoms with Gasteiger partial charge in [0.1, 0.15) is 11.6 Å². The largest absolute Gasteiger partial charge is 0.494 e. The van der Waals surface area contributed by atoms with Crippen LogP contribution in [0.5, 0.6) is 5.75 Å². The average Bonchev–Trinajstić information content (AvgIpc) is 2.70. The van der Waals surface area contributed by atoms with E-state index < -0.39 is 0 Å². The van der Waals surface area contributed by atoms with Gasteiger partial charge in [0.15, 0.2) is 0 Å². The molecule has 3 aromatic rings. The van der Waals surface area contributed by atoms with Gasteiger partial charge >= 0.3 is 0 Å². The van der Waals surface area contributed by atoms with Crippen LogP contribution in [0.2, 0.25) is 5.02 Å². The SMILES string of the molecule is CCOc1ccc(NC(=O)c2ccc(NCCc3cccc(Cl)c3)nc2)cc1. The predicted octanol–water partition coefficient (Wildman–Crippen LogP) is 5.04. The Kier molecular flexibility index (Phi) is 6.87. The summed E-state index contributed by atoms with van der Waals surface area (Å²) in [5, 5.41) is 6.83. The molecule has 0 saturated heterocycles. The highest BCUT2D eigenvalue weighted by Crippen LogP contribution is 2.17. The van der Waals surface area contributed by atoms with Gasteiger partial charge in [0.05, 0.1) is 12.2 Å². The molecule has 0 aliphatic rings. The number of hydrogen-bond acceptors (Lipinski definition) is 4. The molecule has 0 aliphatic carbocycles. The molecular formula is C22H22ClN3O2. The zero-order chi connectivity index (χ0) is 19.8. The van der Waals surface area contributed by atoms with Gasteiger partial charge in [-0.25, -0.2) is 4.98 Å². The Morgan fingerprint density at radius 1 is 1.11 bits per heavy atom. The number of nitrogens with zero attached hydrogens (tertiary/aromatic N) is 1. The van der Waals surface area contributed by atoms with Crippen LogP contribution in [0.15, 0.2) is 66.9 Å². The van der Waals surface area contributed by atoms with E-state index in [-0.39, 0.29) is 5.91 Å². The molecule has 0 bridgehead atoms. The van der Waals surface area contributed by atoms with Gasteiger partial charge in [-0.3, -0.25) is 4.79 Å². The number of halogens is 1. The fourth-order valence-electron chi connectivity index (χ4n) is 2.66. The second-order valence-electron chi connectivity index (χ2n) is 6.15. The predicted molar refractivity (Wildman–Crippen MR) is 113 cm³/mol. The monoisotopic (exact) mass is 395 g/mol. The molecule has 0 unspecified atom stereocenters. The van der Waals surface area contributed by atoms with Crippen molar-refractivity contribution in [2.24, 2.45) is 0 Å². The smallest absolute Gasteiger partial charge is 0.257 e. The van der Waals surface area contributed by atoms with E-state index in [0.717, 1.165) is 35.1 Å². The molecule has 0 radical (unpaired) electrons. The molecule has 6 heteroatoms. The Morgan fingerprint density at radius 2 is 1.93 bits per heavy atom. The van der Waals surface area contributed by atoms with Crippen molar-refractivity contribution in [1.82, 2.24) is 4.98 Å². The Morgan fingerprint density at radius 3 is 2.61 bits per heavy atom. The highest BCUT2D eigenvalue weighted by Gasteiger charge is 2.07. The van der Waals surface area contributed by atoms with Crippen LogP contribution >= 0.6 is 11.6 Å². The van der Waals surface area contributed by atoms with Crippen molar-refractivity contribution in [2.75, 3.05) is 23.8 Å². The van der Waals surface area contributed by atoms with Crippen molar-refractivity contribution in [2.45, 2.75) is 13.3 Å². The number of pyridine rings is 1. The molecule has 0 fully saturated rings. The van der Waals surface area contributed by atoms with Gasteiger partial charge in [0.2, 0.25) is 0 Å². The number of rotatable bonds is 8. The maximum absolute atomic E-state index is 12.4. The summed E-state index contributed by atoms with van der Waals surface area (Å²) >= 11 is 5.99. The normalized spacial score (nSPS) is 10.4. The van der Waals surface area contributed by atoms with Crippen LogP contribution in [0.4, 0.5) is 11.5 Å². The lowest BCUT2D eigenvalue weighted by atomic mass is 10.1. The average molecular weight is 396 g/mol. The molecule has 28 heavy (non-hydrogen) atoms. The van der Waals surface area contributed by atoms with Crippen molar-refractivity contribution < 1.29 is 9.53 Å². The summed E-state index contributed by atoms with van der Waals surface area (Å²) in [6, 6.07) is 18.6. The summed E-state index contributed by atoms with van der Waals surface area (Å²) in [4.78, 5) is 16.7. The second-order valence-corrected chi connectivity index (χ2v) is 6.59. The van der Waals surface area contributed by atoms with Crippen LogP contribution < -0.4 is 15.4 Å². The molecule has 0 saturated carbocycles. The summed E-state index contributed by atoms with van der Waals surface area (Å²) in [5.74, 6) is 1.29. The number of benzene rings is 2. The third-order valence-corrected chi connectivity index (χ3v) is 4.29. The molecule has 0 spiro atoms. The van der Waals surface area contributed by atoms with Gasteiger partial charge in [-0.1, -0.05) is 23.7 Å². The van der Waals surface area contributed by atoms with Gasteiger partial charge in [0, 0.05) is 23.5 Å². The maximum Gasteiger partial charge on any atom is 0.257 e. The zero-order valence-corrected chi connectivity index (χ0v) is 16.4. The van der Waals surface area contributed by atoms with E-state index in [1.807, 2.05) is 55.5 Å². The minimum Gasteiger partial charge on any atom is -0.494 e. The molecule has 144 valence electrons. The van der Waals surface area contributed by atoms with Crippen LogP contribution in [0, 0.1) is 0 Å². The van der Waals surface area contributed by atoms with Crippen molar-refractivity contribution in [3.8, 4) is 5.75 Å². The van der Waals surface area contributed by atoms with Crippen molar-refractivity contribution in [3.05, 3.63) is 83.0 Å². The Hall–Kier alpha value is -3.05. The third kappa shape index (κ3) is 5.72. The molecule has 2 aromatic carbocycles. The first kappa shape index (κ1) is 19.7. The quantitative estimate of drug-likeness (QED) is 0.560. The Labute approximate surface area is 169 Å². The minimum atomic E-state index is -0.206. The number of ether oxygens (including phenoxy) is 1. The fourth-order valence-corrected chi connectivity index (χ4v) is 2.88. The summed E-state index contributed by atoms with van der Waals surface area (Å²) in [6.07, 6.45) is 2.40. The molecule has 1 amide bonds.